The van der Waals surface area contributed by atoms with Crippen molar-refractivity contribution in [1.82, 2.24) is 0 Å². The molecular weight excluding hydrogens is 268 g/mol. The predicted molar refractivity (Wildman–Crippen MR) is 81.6 cm³/mol. The van der Waals surface area contributed by atoms with Gasteiger partial charge in [-0.2, -0.15) is 5.26 Å². The minimum atomic E-state index is -0.672. The van der Waals surface area contributed by atoms with Gasteiger partial charge in [0.25, 0.3) is 0 Å². The summed E-state index contributed by atoms with van der Waals surface area (Å²) >= 11 is 0. The van der Waals surface area contributed by atoms with Crippen LogP contribution in [0.5, 0.6) is 0 Å². The van der Waals surface area contributed by atoms with Gasteiger partial charge in [0.15, 0.2) is 0 Å². The van der Waals surface area contributed by atoms with Crippen molar-refractivity contribution >= 4 is 17.7 Å². The van der Waals surface area contributed by atoms with E-state index in [4.69, 9.17) is 15.1 Å². The van der Waals surface area contributed by atoms with Crippen LogP contribution >= 0.6 is 0 Å². The molecule has 0 spiro atoms. The third-order valence-corrected chi connectivity index (χ3v) is 2.87. The smallest absolute Gasteiger partial charge is 0.348 e. The number of aliphatic hydroxyl groups excluding tert-OH is 1. The highest BCUT2D eigenvalue weighted by Gasteiger charge is 2.12. The normalized spacial score (nSPS) is 12.4. The van der Waals surface area contributed by atoms with E-state index in [1.54, 1.807) is 6.92 Å². The molecule has 0 saturated heterocycles. The summed E-state index contributed by atoms with van der Waals surface area (Å²) in [6, 6.07) is 9.31. The number of aliphatic hydroxyl groups is 1. The number of benzene rings is 1. The molecule has 5 nitrogen and oxygen atoms in total. The molecule has 0 aliphatic heterocycles. The maximum Gasteiger partial charge on any atom is 0.348 e. The van der Waals surface area contributed by atoms with Crippen LogP contribution in [0.3, 0.4) is 0 Å². The molecule has 0 aromatic heterocycles. The third-order valence-electron chi connectivity index (χ3n) is 2.87. The second-order valence-corrected chi connectivity index (χ2v) is 5.04. The molecule has 0 amide bonds. The molecule has 21 heavy (non-hydrogen) atoms. The van der Waals surface area contributed by atoms with E-state index in [9.17, 15) is 4.79 Å². The molecule has 0 fully saturated rings. The first kappa shape index (κ1) is 16.7. The molecule has 1 atom stereocenters. The number of hydrogen-bond donors (Lipinski definition) is 1. The number of nitriles is 1. The molecule has 1 aromatic carbocycles. The zero-order valence-corrected chi connectivity index (χ0v) is 12.5. The lowest BCUT2D eigenvalue weighted by Gasteiger charge is -2.12. The number of rotatable bonds is 6. The van der Waals surface area contributed by atoms with E-state index in [1.165, 1.54) is 6.08 Å². The maximum absolute atomic E-state index is 11.8. The fourth-order valence-corrected chi connectivity index (χ4v) is 1.52. The Morgan fingerprint density at radius 1 is 1.43 bits per heavy atom. The Bertz CT molecular complexity index is 542. The van der Waals surface area contributed by atoms with Gasteiger partial charge in [0.2, 0.25) is 0 Å². The minimum Gasteiger partial charge on any atom is -0.461 e. The molecule has 1 aromatic rings. The molecule has 0 saturated carbocycles. The first-order chi connectivity index (χ1) is 9.97. The minimum absolute atomic E-state index is 0.0576. The van der Waals surface area contributed by atoms with Gasteiger partial charge in [-0.1, -0.05) is 19.1 Å². The highest BCUT2D eigenvalue weighted by molar-refractivity contribution is 5.97. The first-order valence-corrected chi connectivity index (χ1v) is 6.65. The number of ether oxygens (including phenoxy) is 1. The second-order valence-electron chi connectivity index (χ2n) is 5.04. The number of esters is 1. The van der Waals surface area contributed by atoms with Crippen molar-refractivity contribution in [3.8, 4) is 6.07 Å². The van der Waals surface area contributed by atoms with Crippen LogP contribution in [0.2, 0.25) is 0 Å². The highest BCUT2D eigenvalue weighted by Crippen LogP contribution is 2.15. The number of carbonyl (C=O) groups is 1. The molecule has 112 valence electrons. The van der Waals surface area contributed by atoms with E-state index in [-0.39, 0.29) is 24.7 Å². The zero-order chi connectivity index (χ0) is 15.8. The van der Waals surface area contributed by atoms with E-state index >= 15 is 0 Å². The van der Waals surface area contributed by atoms with Crippen molar-refractivity contribution in [3.05, 3.63) is 35.4 Å². The SMILES string of the molecule is CC(CO)COC(=O)/C(C#N)=C/c1ccc(N(C)C)cc1. The summed E-state index contributed by atoms with van der Waals surface area (Å²) in [7, 11) is 3.87. The number of nitrogens with zero attached hydrogens (tertiary/aromatic N) is 2. The highest BCUT2D eigenvalue weighted by atomic mass is 16.5. The van der Waals surface area contributed by atoms with Gasteiger partial charge in [-0.05, 0) is 23.8 Å². The molecule has 0 bridgehead atoms. The van der Waals surface area contributed by atoms with Crippen molar-refractivity contribution in [3.63, 3.8) is 0 Å². The van der Waals surface area contributed by atoms with Crippen LogP contribution in [-0.4, -0.2) is 38.4 Å². The van der Waals surface area contributed by atoms with Crippen LogP contribution in [0.1, 0.15) is 12.5 Å². The van der Waals surface area contributed by atoms with Gasteiger partial charge in [0, 0.05) is 32.3 Å². The Hall–Kier alpha value is -2.32. The van der Waals surface area contributed by atoms with Gasteiger partial charge in [0.1, 0.15) is 11.6 Å². The molecule has 1 N–H and O–H groups in total. The van der Waals surface area contributed by atoms with E-state index in [2.05, 4.69) is 0 Å². The molecule has 0 aliphatic rings. The summed E-state index contributed by atoms with van der Waals surface area (Å²) in [5.41, 5.74) is 1.73. The molecule has 1 unspecified atom stereocenters. The lowest BCUT2D eigenvalue weighted by Crippen LogP contribution is -2.15. The van der Waals surface area contributed by atoms with Crippen molar-refractivity contribution in [2.24, 2.45) is 5.92 Å². The van der Waals surface area contributed by atoms with Crippen molar-refractivity contribution < 1.29 is 14.6 Å². The number of carbonyl (C=O) groups excluding carboxylic acids is 1. The summed E-state index contributed by atoms with van der Waals surface area (Å²) in [4.78, 5) is 13.7. The molecule has 0 aliphatic carbocycles. The quantitative estimate of drug-likeness (QED) is 0.491. The Labute approximate surface area is 125 Å². The summed E-state index contributed by atoms with van der Waals surface area (Å²) in [5.74, 6) is -0.817. The van der Waals surface area contributed by atoms with Crippen LogP contribution < -0.4 is 4.90 Å². The largest absolute Gasteiger partial charge is 0.461 e. The summed E-state index contributed by atoms with van der Waals surface area (Å²) in [6.45, 7) is 1.78. The number of hydrogen-bond acceptors (Lipinski definition) is 5. The average Bonchev–Trinajstić information content (AvgIpc) is 2.50. The van der Waals surface area contributed by atoms with Gasteiger partial charge in [-0.3, -0.25) is 0 Å². The van der Waals surface area contributed by atoms with Crippen molar-refractivity contribution in [2.75, 3.05) is 32.2 Å². The van der Waals surface area contributed by atoms with Gasteiger partial charge in [-0.15, -0.1) is 0 Å². The van der Waals surface area contributed by atoms with Gasteiger partial charge < -0.3 is 14.7 Å². The Morgan fingerprint density at radius 3 is 2.52 bits per heavy atom. The zero-order valence-electron chi connectivity index (χ0n) is 12.5. The van der Waals surface area contributed by atoms with Gasteiger partial charge in [0.05, 0.1) is 6.61 Å². The van der Waals surface area contributed by atoms with Crippen molar-refractivity contribution in [1.29, 1.82) is 5.26 Å². The summed E-state index contributed by atoms with van der Waals surface area (Å²) in [6.07, 6.45) is 1.49. The van der Waals surface area contributed by atoms with Crippen LogP contribution in [0.25, 0.3) is 6.08 Å². The predicted octanol–water partition coefficient (Wildman–Crippen LogP) is 1.83. The summed E-state index contributed by atoms with van der Waals surface area (Å²) < 4.78 is 4.98. The van der Waals surface area contributed by atoms with E-state index in [0.29, 0.717) is 0 Å². The van der Waals surface area contributed by atoms with Crippen molar-refractivity contribution in [2.45, 2.75) is 6.92 Å². The molecular formula is C16H20N2O3. The molecule has 0 heterocycles. The maximum atomic E-state index is 11.8. The fourth-order valence-electron chi connectivity index (χ4n) is 1.52. The molecule has 0 radical (unpaired) electrons. The third kappa shape index (κ3) is 5.28. The van der Waals surface area contributed by atoms with Crippen LogP contribution in [0.15, 0.2) is 29.8 Å². The van der Waals surface area contributed by atoms with E-state index in [1.807, 2.05) is 49.3 Å². The Balaban J connectivity index is 2.79. The molecule has 5 heteroatoms. The van der Waals surface area contributed by atoms with E-state index < -0.39 is 5.97 Å². The summed E-state index contributed by atoms with van der Waals surface area (Å²) in [5, 5.41) is 17.9. The van der Waals surface area contributed by atoms with Crippen LogP contribution in [-0.2, 0) is 9.53 Å². The number of anilines is 1. The topological polar surface area (TPSA) is 73.6 Å². The van der Waals surface area contributed by atoms with Crippen LogP contribution in [0.4, 0.5) is 5.69 Å². The Kier molecular flexibility index (Phi) is 6.44. The van der Waals surface area contributed by atoms with Gasteiger partial charge in [-0.25, -0.2) is 4.79 Å². The lowest BCUT2D eigenvalue weighted by atomic mass is 10.1. The van der Waals surface area contributed by atoms with Gasteiger partial charge >= 0.3 is 5.97 Å². The fraction of sp³-hybridized carbons (Fsp3) is 0.375. The molecule has 1 rings (SSSR count). The van der Waals surface area contributed by atoms with E-state index in [0.717, 1.165) is 11.3 Å². The van der Waals surface area contributed by atoms with Crippen LogP contribution in [0, 0.1) is 17.2 Å². The lowest BCUT2D eigenvalue weighted by molar-refractivity contribution is -0.139. The first-order valence-electron chi connectivity index (χ1n) is 6.65. The second kappa shape index (κ2) is 8.08. The monoisotopic (exact) mass is 288 g/mol. The standard InChI is InChI=1S/C16H20N2O3/c1-12(10-19)11-21-16(20)14(9-17)8-13-4-6-15(7-5-13)18(2)3/h4-8,12,19H,10-11H2,1-3H3/b14-8+. The average molecular weight is 288 g/mol. The Morgan fingerprint density at radius 2 is 2.05 bits per heavy atom.